The summed E-state index contributed by atoms with van der Waals surface area (Å²) in [5, 5.41) is 13.1. The number of nitrogens with one attached hydrogen (secondary N) is 1. The summed E-state index contributed by atoms with van der Waals surface area (Å²) in [5.74, 6) is 1.74. The van der Waals surface area contributed by atoms with Gasteiger partial charge in [-0.05, 0) is 32.8 Å². The second-order valence-corrected chi connectivity index (χ2v) is 6.73. The van der Waals surface area contributed by atoms with E-state index in [-0.39, 0.29) is 11.3 Å². The van der Waals surface area contributed by atoms with E-state index in [2.05, 4.69) is 33.9 Å². The predicted molar refractivity (Wildman–Crippen MR) is 93.1 cm³/mol. The van der Waals surface area contributed by atoms with Crippen molar-refractivity contribution >= 4 is 17.7 Å². The standard InChI is InChI=1S/C17H27N5O2/c1-3-21(4-2)14-5-8-18-16(20-14)22-9-6-17(7-10-22)11-15(24)19-12-13(17)23/h5,8,13,23H,3-4,6-7,9-12H2,1-2H3,(H,19,24). The Bertz CT molecular complexity index is 582. The minimum absolute atomic E-state index is 0.0496. The molecule has 7 nitrogen and oxygen atoms in total. The van der Waals surface area contributed by atoms with Crippen LogP contribution in [0.4, 0.5) is 11.8 Å². The first kappa shape index (κ1) is 17.0. The molecular formula is C17H27N5O2. The van der Waals surface area contributed by atoms with Crippen molar-refractivity contribution in [2.24, 2.45) is 5.41 Å². The molecule has 0 saturated carbocycles. The molecular weight excluding hydrogens is 306 g/mol. The van der Waals surface area contributed by atoms with Gasteiger partial charge in [0.15, 0.2) is 0 Å². The Hall–Kier alpha value is -1.89. The van der Waals surface area contributed by atoms with Crippen LogP contribution in [-0.4, -0.2) is 59.8 Å². The van der Waals surface area contributed by atoms with Gasteiger partial charge >= 0.3 is 0 Å². The van der Waals surface area contributed by atoms with Crippen LogP contribution in [0.2, 0.25) is 0 Å². The van der Waals surface area contributed by atoms with Gasteiger partial charge in [-0.1, -0.05) is 0 Å². The quantitative estimate of drug-likeness (QED) is 0.848. The van der Waals surface area contributed by atoms with Crippen LogP contribution in [0.3, 0.4) is 0 Å². The average Bonchev–Trinajstić information content (AvgIpc) is 2.61. The summed E-state index contributed by atoms with van der Waals surface area (Å²) in [6, 6.07) is 1.94. The Labute approximate surface area is 143 Å². The number of hydrogen-bond acceptors (Lipinski definition) is 6. The maximum Gasteiger partial charge on any atom is 0.227 e. The fourth-order valence-electron chi connectivity index (χ4n) is 3.80. The van der Waals surface area contributed by atoms with Crippen LogP contribution in [0.5, 0.6) is 0 Å². The van der Waals surface area contributed by atoms with E-state index < -0.39 is 6.10 Å². The highest BCUT2D eigenvalue weighted by Gasteiger charge is 2.45. The minimum Gasteiger partial charge on any atom is -0.391 e. The molecule has 132 valence electrons. The van der Waals surface area contributed by atoms with Gasteiger partial charge in [0.05, 0.1) is 6.10 Å². The number of aliphatic hydroxyl groups is 1. The molecule has 2 aliphatic rings. The summed E-state index contributed by atoms with van der Waals surface area (Å²) in [7, 11) is 0. The van der Waals surface area contributed by atoms with Gasteiger partial charge in [0, 0.05) is 50.8 Å². The molecule has 0 bridgehead atoms. The Morgan fingerprint density at radius 1 is 1.38 bits per heavy atom. The lowest BCUT2D eigenvalue weighted by Gasteiger charge is -2.46. The summed E-state index contributed by atoms with van der Waals surface area (Å²) < 4.78 is 0. The number of carbonyl (C=O) groups excluding carboxylic acids is 1. The first-order valence-electron chi connectivity index (χ1n) is 8.85. The second-order valence-electron chi connectivity index (χ2n) is 6.73. The molecule has 2 fully saturated rings. The number of anilines is 2. The lowest BCUT2D eigenvalue weighted by molar-refractivity contribution is -0.132. The smallest absolute Gasteiger partial charge is 0.227 e. The number of hydrogen-bond donors (Lipinski definition) is 2. The van der Waals surface area contributed by atoms with E-state index in [1.165, 1.54) is 0 Å². The van der Waals surface area contributed by atoms with Crippen LogP contribution < -0.4 is 15.1 Å². The van der Waals surface area contributed by atoms with Crippen molar-refractivity contribution < 1.29 is 9.90 Å². The third-order valence-corrected chi connectivity index (χ3v) is 5.47. The number of amides is 1. The van der Waals surface area contributed by atoms with E-state index in [1.807, 2.05) is 12.3 Å². The number of rotatable bonds is 4. The largest absolute Gasteiger partial charge is 0.391 e. The van der Waals surface area contributed by atoms with Crippen LogP contribution in [0.15, 0.2) is 12.3 Å². The molecule has 1 aromatic rings. The van der Waals surface area contributed by atoms with E-state index >= 15 is 0 Å². The van der Waals surface area contributed by atoms with Gasteiger partial charge in [-0.3, -0.25) is 4.79 Å². The van der Waals surface area contributed by atoms with Crippen molar-refractivity contribution in [1.82, 2.24) is 15.3 Å². The predicted octanol–water partition coefficient (Wildman–Crippen LogP) is 0.790. The number of piperidine rings is 2. The number of carbonyl (C=O) groups is 1. The molecule has 1 amide bonds. The van der Waals surface area contributed by atoms with Gasteiger partial charge in [-0.2, -0.15) is 4.98 Å². The summed E-state index contributed by atoms with van der Waals surface area (Å²) in [5.41, 5.74) is -0.282. The minimum atomic E-state index is -0.458. The molecule has 0 aromatic carbocycles. The first-order chi connectivity index (χ1) is 11.6. The van der Waals surface area contributed by atoms with E-state index in [0.717, 1.165) is 50.8 Å². The molecule has 1 aromatic heterocycles. The molecule has 1 spiro atoms. The molecule has 0 radical (unpaired) electrons. The van der Waals surface area contributed by atoms with Crippen molar-refractivity contribution in [2.45, 2.75) is 39.2 Å². The van der Waals surface area contributed by atoms with Gasteiger partial charge < -0.3 is 20.2 Å². The highest BCUT2D eigenvalue weighted by molar-refractivity contribution is 5.78. The molecule has 2 aliphatic heterocycles. The SMILES string of the molecule is CCN(CC)c1ccnc(N2CCC3(CC2)CC(=O)NCC3O)n1. The van der Waals surface area contributed by atoms with E-state index in [9.17, 15) is 9.90 Å². The zero-order chi connectivity index (χ0) is 17.2. The Morgan fingerprint density at radius 2 is 2.08 bits per heavy atom. The van der Waals surface area contributed by atoms with Crippen molar-refractivity contribution in [3.63, 3.8) is 0 Å². The highest BCUT2D eigenvalue weighted by atomic mass is 16.3. The highest BCUT2D eigenvalue weighted by Crippen LogP contribution is 2.40. The molecule has 24 heavy (non-hydrogen) atoms. The summed E-state index contributed by atoms with van der Waals surface area (Å²) in [6.45, 7) is 7.97. The molecule has 1 atom stereocenters. The van der Waals surface area contributed by atoms with E-state index in [0.29, 0.717) is 13.0 Å². The summed E-state index contributed by atoms with van der Waals surface area (Å²) >= 11 is 0. The molecule has 3 rings (SSSR count). The van der Waals surface area contributed by atoms with E-state index in [1.54, 1.807) is 0 Å². The number of aliphatic hydroxyl groups excluding tert-OH is 1. The Morgan fingerprint density at radius 3 is 2.75 bits per heavy atom. The maximum absolute atomic E-state index is 11.8. The van der Waals surface area contributed by atoms with Crippen LogP contribution in [0, 0.1) is 5.41 Å². The third kappa shape index (κ3) is 3.17. The van der Waals surface area contributed by atoms with Gasteiger partial charge in [0.25, 0.3) is 0 Å². The monoisotopic (exact) mass is 333 g/mol. The summed E-state index contributed by atoms with van der Waals surface area (Å²) in [4.78, 5) is 25.3. The molecule has 3 heterocycles. The number of aromatic nitrogens is 2. The fourth-order valence-corrected chi connectivity index (χ4v) is 3.80. The fraction of sp³-hybridized carbons (Fsp3) is 0.706. The molecule has 0 aliphatic carbocycles. The van der Waals surface area contributed by atoms with Crippen molar-refractivity contribution in [3.8, 4) is 0 Å². The van der Waals surface area contributed by atoms with Crippen LogP contribution in [-0.2, 0) is 4.79 Å². The number of β-amino-alcohol motifs (C(OH)–C–C–N with tert-alkyl or cyclic N) is 1. The normalized spacial score (nSPS) is 23.2. The molecule has 1 unspecified atom stereocenters. The zero-order valence-electron chi connectivity index (χ0n) is 14.5. The van der Waals surface area contributed by atoms with Crippen molar-refractivity contribution in [1.29, 1.82) is 0 Å². The van der Waals surface area contributed by atoms with Crippen molar-refractivity contribution in [3.05, 3.63) is 12.3 Å². The van der Waals surface area contributed by atoms with Crippen LogP contribution in [0.1, 0.15) is 33.1 Å². The first-order valence-corrected chi connectivity index (χ1v) is 8.85. The topological polar surface area (TPSA) is 81.6 Å². The van der Waals surface area contributed by atoms with Crippen LogP contribution in [0.25, 0.3) is 0 Å². The lowest BCUT2D eigenvalue weighted by atomic mass is 9.69. The van der Waals surface area contributed by atoms with Gasteiger partial charge in [0.2, 0.25) is 11.9 Å². The van der Waals surface area contributed by atoms with Crippen LogP contribution >= 0.6 is 0 Å². The maximum atomic E-state index is 11.8. The average molecular weight is 333 g/mol. The van der Waals surface area contributed by atoms with E-state index in [4.69, 9.17) is 4.98 Å². The second kappa shape index (κ2) is 6.93. The molecule has 2 saturated heterocycles. The van der Waals surface area contributed by atoms with Gasteiger partial charge in [-0.25, -0.2) is 4.98 Å². The van der Waals surface area contributed by atoms with Crippen molar-refractivity contribution in [2.75, 3.05) is 42.5 Å². The van der Waals surface area contributed by atoms with Gasteiger partial charge in [-0.15, -0.1) is 0 Å². The third-order valence-electron chi connectivity index (χ3n) is 5.47. The Kier molecular flexibility index (Phi) is 4.89. The zero-order valence-corrected chi connectivity index (χ0v) is 14.5. The number of nitrogens with zero attached hydrogens (tertiary/aromatic N) is 4. The summed E-state index contributed by atoms with van der Waals surface area (Å²) in [6.07, 6.45) is 3.35. The Balaban J connectivity index is 1.70. The molecule has 2 N–H and O–H groups in total. The van der Waals surface area contributed by atoms with Gasteiger partial charge in [0.1, 0.15) is 5.82 Å². The lowest BCUT2D eigenvalue weighted by Crippen LogP contribution is -2.56. The molecule has 7 heteroatoms.